The predicted molar refractivity (Wildman–Crippen MR) is 5.26 cm³/mol. The summed E-state index contributed by atoms with van der Waals surface area (Å²) < 4.78 is 0. The molecule has 0 rings (SSSR count). The Labute approximate surface area is 74.9 Å². The molecule has 2 N–H and O–H groups in total. The molecule has 0 bridgehead atoms. The SMILES string of the molecule is OO.[Ti].[Ti].[Ti]. The molecule has 2 nitrogen and oxygen atoms in total. The first-order valence-electron chi connectivity index (χ1n) is 0.200. The average molecular weight is 178 g/mol. The second-order valence-electron chi connectivity index (χ2n) is 0. The quantitative estimate of drug-likeness (QED) is 0.311. The molecular weight excluding hydrogens is 176 g/mol. The van der Waals surface area contributed by atoms with E-state index in [0.29, 0.717) is 0 Å². The van der Waals surface area contributed by atoms with Crippen LogP contribution in [-0.4, -0.2) is 10.5 Å². The van der Waals surface area contributed by atoms with E-state index in [-0.39, 0.29) is 65.2 Å². The molecule has 5 heavy (non-hydrogen) atoms. The van der Waals surface area contributed by atoms with E-state index < -0.39 is 0 Å². The molecule has 0 aromatic rings. The number of hydrogen-bond donors (Lipinski definition) is 2. The van der Waals surface area contributed by atoms with E-state index in [1.807, 2.05) is 0 Å². The van der Waals surface area contributed by atoms with Crippen LogP contribution >= 0.6 is 0 Å². The Morgan fingerprint density at radius 3 is 0.600 bits per heavy atom. The van der Waals surface area contributed by atoms with Crippen LogP contribution in [0.15, 0.2) is 0 Å². The van der Waals surface area contributed by atoms with Crippen LogP contribution in [0.25, 0.3) is 0 Å². The van der Waals surface area contributed by atoms with Crippen LogP contribution in [0.4, 0.5) is 0 Å². The van der Waals surface area contributed by atoms with Crippen molar-refractivity contribution in [2.75, 3.05) is 0 Å². The first-order valence-corrected chi connectivity index (χ1v) is 0.200. The Kier molecular flexibility index (Phi) is 202. The zero-order valence-corrected chi connectivity index (χ0v) is 7.08. The molecule has 0 aromatic heterocycles. The minimum atomic E-state index is 0. The van der Waals surface area contributed by atoms with Crippen molar-refractivity contribution in [3.63, 3.8) is 0 Å². The molecule has 0 aromatic carbocycles. The van der Waals surface area contributed by atoms with Crippen molar-refractivity contribution in [1.29, 1.82) is 0 Å². The van der Waals surface area contributed by atoms with Gasteiger partial charge in [0, 0.05) is 65.2 Å². The topological polar surface area (TPSA) is 40.5 Å². The zero-order valence-electron chi connectivity index (χ0n) is 2.39. The van der Waals surface area contributed by atoms with Gasteiger partial charge < -0.3 is 0 Å². The van der Waals surface area contributed by atoms with E-state index in [0.717, 1.165) is 0 Å². The van der Waals surface area contributed by atoms with Crippen molar-refractivity contribution in [3.8, 4) is 0 Å². The summed E-state index contributed by atoms with van der Waals surface area (Å²) in [4.78, 5) is 0. The third kappa shape index (κ3) is 23.5. The van der Waals surface area contributed by atoms with Crippen molar-refractivity contribution in [3.05, 3.63) is 0 Å². The van der Waals surface area contributed by atoms with Gasteiger partial charge in [-0.1, -0.05) is 0 Å². The van der Waals surface area contributed by atoms with E-state index in [9.17, 15) is 0 Å². The van der Waals surface area contributed by atoms with Gasteiger partial charge in [-0.25, -0.2) is 0 Å². The molecule has 0 aliphatic heterocycles. The van der Waals surface area contributed by atoms with Crippen molar-refractivity contribution >= 4 is 0 Å². The molecular formula is H2O2Ti3. The maximum Gasteiger partial charge on any atom is 0 e. The van der Waals surface area contributed by atoms with E-state index in [1.54, 1.807) is 0 Å². The maximum absolute atomic E-state index is 6.00. The summed E-state index contributed by atoms with van der Waals surface area (Å²) in [5.41, 5.74) is 0. The summed E-state index contributed by atoms with van der Waals surface area (Å²) in [5, 5.41) is 12.0. The number of hydrogen-bond acceptors (Lipinski definition) is 2. The van der Waals surface area contributed by atoms with Gasteiger partial charge in [-0.2, -0.15) is 0 Å². The first-order chi connectivity index (χ1) is 1.00. The number of rotatable bonds is 0. The van der Waals surface area contributed by atoms with Gasteiger partial charge in [0.05, 0.1) is 0 Å². The third-order valence-electron chi connectivity index (χ3n) is 0. The van der Waals surface area contributed by atoms with Crippen LogP contribution in [0.3, 0.4) is 0 Å². The standard InChI is InChI=1S/H2O2.3Ti/c1-2;;;/h1-2H;;;. The van der Waals surface area contributed by atoms with Crippen LogP contribution in [0.1, 0.15) is 0 Å². The Morgan fingerprint density at radius 2 is 0.600 bits per heavy atom. The molecule has 0 aliphatic rings. The molecule has 0 saturated carbocycles. The molecule has 26 valence electrons. The van der Waals surface area contributed by atoms with Gasteiger partial charge in [0.15, 0.2) is 0 Å². The van der Waals surface area contributed by atoms with Gasteiger partial charge in [-0.15, -0.1) is 0 Å². The monoisotopic (exact) mass is 178 g/mol. The Hall–Kier alpha value is 2.06. The van der Waals surface area contributed by atoms with Crippen molar-refractivity contribution in [2.24, 2.45) is 0 Å². The van der Waals surface area contributed by atoms with Crippen molar-refractivity contribution in [2.45, 2.75) is 0 Å². The van der Waals surface area contributed by atoms with Crippen LogP contribution in [0.2, 0.25) is 0 Å². The van der Waals surface area contributed by atoms with E-state index >= 15 is 0 Å². The summed E-state index contributed by atoms with van der Waals surface area (Å²) in [6.45, 7) is 0. The molecule has 0 aliphatic carbocycles. The average Bonchev–Trinajstić information content (AvgIpc) is 1.00. The summed E-state index contributed by atoms with van der Waals surface area (Å²) in [6, 6.07) is 0. The minimum Gasteiger partial charge on any atom is -0.255 e. The van der Waals surface area contributed by atoms with Crippen molar-refractivity contribution < 1.29 is 75.7 Å². The molecule has 0 atom stereocenters. The van der Waals surface area contributed by atoms with Gasteiger partial charge in [0.2, 0.25) is 0 Å². The first kappa shape index (κ1) is 27.7. The zero-order chi connectivity index (χ0) is 2.00. The second kappa shape index (κ2) is 36.5. The van der Waals surface area contributed by atoms with Crippen LogP contribution in [0, 0.1) is 0 Å². The maximum atomic E-state index is 6.00. The van der Waals surface area contributed by atoms with Crippen LogP contribution < -0.4 is 0 Å². The fourth-order valence-electron chi connectivity index (χ4n) is 0. The summed E-state index contributed by atoms with van der Waals surface area (Å²) in [5.74, 6) is 0. The molecule has 0 amide bonds. The normalized spacial score (nSPS) is 1.20. The Bertz CT molecular complexity index is 4.85. The van der Waals surface area contributed by atoms with Crippen LogP contribution in [-0.2, 0) is 65.2 Å². The molecule has 0 heterocycles. The van der Waals surface area contributed by atoms with Crippen LogP contribution in [0.5, 0.6) is 0 Å². The fourth-order valence-corrected chi connectivity index (χ4v) is 0. The van der Waals surface area contributed by atoms with Gasteiger partial charge in [-0.05, 0) is 0 Å². The van der Waals surface area contributed by atoms with Gasteiger partial charge >= 0.3 is 0 Å². The summed E-state index contributed by atoms with van der Waals surface area (Å²) >= 11 is 0. The minimum absolute atomic E-state index is 0. The third-order valence-corrected chi connectivity index (χ3v) is 0. The molecule has 0 fully saturated rings. The second-order valence-corrected chi connectivity index (χ2v) is 0. The molecule has 0 unspecified atom stereocenters. The fraction of sp³-hybridized carbons (Fsp3) is 0. The summed E-state index contributed by atoms with van der Waals surface area (Å²) in [7, 11) is 0. The van der Waals surface area contributed by atoms with Gasteiger partial charge in [0.25, 0.3) is 0 Å². The summed E-state index contributed by atoms with van der Waals surface area (Å²) in [6.07, 6.45) is 0. The van der Waals surface area contributed by atoms with Gasteiger partial charge in [0.1, 0.15) is 0 Å². The molecule has 0 radical (unpaired) electrons. The predicted octanol–water partition coefficient (Wildman–Crippen LogP) is 0.00990. The largest absolute Gasteiger partial charge is 0.255 e. The van der Waals surface area contributed by atoms with E-state index in [4.69, 9.17) is 10.5 Å². The molecule has 5 heteroatoms. The van der Waals surface area contributed by atoms with E-state index in [2.05, 4.69) is 0 Å². The molecule has 0 spiro atoms. The van der Waals surface area contributed by atoms with E-state index in [1.165, 1.54) is 0 Å². The Balaban J connectivity index is -0.00000000167. The van der Waals surface area contributed by atoms with Crippen molar-refractivity contribution in [1.82, 2.24) is 0 Å². The molecule has 0 saturated heterocycles. The van der Waals surface area contributed by atoms with Gasteiger partial charge in [-0.3, -0.25) is 10.5 Å². The smallest absolute Gasteiger partial charge is 0 e. The Morgan fingerprint density at radius 1 is 0.600 bits per heavy atom.